The molecule has 0 aromatic heterocycles. The largest absolute Gasteiger partial charge is 0.493 e. The van der Waals surface area contributed by atoms with E-state index in [4.69, 9.17) is 9.47 Å². The van der Waals surface area contributed by atoms with E-state index in [1.807, 2.05) is 0 Å². The minimum absolute atomic E-state index is 0.162. The summed E-state index contributed by atoms with van der Waals surface area (Å²) in [7, 11) is 3.12. The molecule has 0 atom stereocenters. The van der Waals surface area contributed by atoms with E-state index in [0.29, 0.717) is 11.5 Å². The monoisotopic (exact) mass is 204 g/mol. The lowest BCUT2D eigenvalue weighted by Crippen LogP contribution is -1.91. The molecule has 3 nitrogen and oxygen atoms in total. The molecule has 0 heterocycles. The van der Waals surface area contributed by atoms with Crippen LogP contribution in [0.2, 0.25) is 0 Å². The maximum absolute atomic E-state index is 10.7. The van der Waals surface area contributed by atoms with Gasteiger partial charge >= 0.3 is 0 Å². The van der Waals surface area contributed by atoms with E-state index in [9.17, 15) is 4.79 Å². The molecule has 0 fully saturated rings. The Balaban J connectivity index is 3.05. The summed E-state index contributed by atoms with van der Waals surface area (Å²) in [4.78, 5) is 10.7. The molecule has 0 saturated heterocycles. The topological polar surface area (TPSA) is 35.5 Å². The van der Waals surface area contributed by atoms with E-state index < -0.39 is 0 Å². The molecule has 0 bridgehead atoms. The van der Waals surface area contributed by atoms with Gasteiger partial charge in [0.2, 0.25) is 5.78 Å². The second kappa shape index (κ2) is 5.06. The number of carbonyl (C=O) groups is 1. The molecule has 1 rings (SSSR count). The lowest BCUT2D eigenvalue weighted by Gasteiger charge is -2.06. The zero-order chi connectivity index (χ0) is 11.3. The number of hydrogen-bond acceptors (Lipinski definition) is 3. The predicted octanol–water partition coefficient (Wildman–Crippen LogP) is 1.64. The molecule has 3 heteroatoms. The van der Waals surface area contributed by atoms with Gasteiger partial charge in [0.05, 0.1) is 14.2 Å². The molecule has 0 saturated carbocycles. The fourth-order valence-corrected chi connectivity index (χ4v) is 1.07. The van der Waals surface area contributed by atoms with E-state index in [1.54, 1.807) is 32.4 Å². The molecular weight excluding hydrogens is 192 g/mol. The molecule has 78 valence electrons. The molecule has 1 aromatic rings. The lowest BCUT2D eigenvalue weighted by molar-refractivity contribution is -0.111. The third-order valence-corrected chi connectivity index (χ3v) is 1.77. The molecule has 0 aliphatic rings. The first-order chi connectivity index (χ1) is 7.17. The Bertz CT molecular complexity index is 424. The predicted molar refractivity (Wildman–Crippen MR) is 57.1 cm³/mol. The van der Waals surface area contributed by atoms with Crippen molar-refractivity contribution in [1.82, 2.24) is 0 Å². The van der Waals surface area contributed by atoms with Crippen LogP contribution in [0.4, 0.5) is 0 Å². The second-order valence-electron chi connectivity index (χ2n) is 2.88. The molecule has 1 aromatic carbocycles. The first-order valence-corrected chi connectivity index (χ1v) is 4.42. The van der Waals surface area contributed by atoms with Gasteiger partial charge in [-0.05, 0) is 24.1 Å². The Morgan fingerprint density at radius 2 is 1.87 bits per heavy atom. The van der Waals surface area contributed by atoms with E-state index in [0.717, 1.165) is 5.56 Å². The van der Waals surface area contributed by atoms with Gasteiger partial charge in [-0.3, -0.25) is 4.79 Å². The van der Waals surface area contributed by atoms with Gasteiger partial charge in [-0.1, -0.05) is 5.92 Å². The molecule has 0 aliphatic heterocycles. The number of methoxy groups -OCH3 is 2. The maximum atomic E-state index is 10.7. The summed E-state index contributed by atoms with van der Waals surface area (Å²) in [5, 5.41) is 0. The zero-order valence-corrected chi connectivity index (χ0v) is 8.96. The zero-order valence-electron chi connectivity index (χ0n) is 8.96. The van der Waals surface area contributed by atoms with E-state index in [-0.39, 0.29) is 5.78 Å². The van der Waals surface area contributed by atoms with Crippen molar-refractivity contribution in [3.05, 3.63) is 23.8 Å². The van der Waals surface area contributed by atoms with Gasteiger partial charge in [0.25, 0.3) is 0 Å². The first kappa shape index (κ1) is 11.1. The summed E-state index contributed by atoms with van der Waals surface area (Å²) in [5.41, 5.74) is 0.725. The lowest BCUT2D eigenvalue weighted by atomic mass is 10.2. The van der Waals surface area contributed by atoms with Crippen molar-refractivity contribution in [1.29, 1.82) is 0 Å². The number of hydrogen-bond donors (Lipinski definition) is 0. The highest BCUT2D eigenvalue weighted by atomic mass is 16.5. The van der Waals surface area contributed by atoms with Crippen LogP contribution in [0.1, 0.15) is 12.5 Å². The van der Waals surface area contributed by atoms with Gasteiger partial charge in [-0.25, -0.2) is 0 Å². The van der Waals surface area contributed by atoms with Crippen molar-refractivity contribution in [2.45, 2.75) is 6.92 Å². The van der Waals surface area contributed by atoms with Crippen molar-refractivity contribution < 1.29 is 14.3 Å². The third kappa shape index (κ3) is 3.03. The van der Waals surface area contributed by atoms with Crippen LogP contribution in [0, 0.1) is 11.8 Å². The number of ketones is 1. The molecule has 0 spiro atoms. The quantitative estimate of drug-likeness (QED) is 0.687. The van der Waals surface area contributed by atoms with Crippen LogP contribution in [0.5, 0.6) is 11.5 Å². The van der Waals surface area contributed by atoms with Crippen molar-refractivity contribution in [2.24, 2.45) is 0 Å². The molecule has 0 unspecified atom stereocenters. The van der Waals surface area contributed by atoms with E-state index >= 15 is 0 Å². The summed E-state index contributed by atoms with van der Waals surface area (Å²) in [6.07, 6.45) is 0. The first-order valence-electron chi connectivity index (χ1n) is 4.42. The Kier molecular flexibility index (Phi) is 3.75. The molecule has 0 amide bonds. The average Bonchev–Trinajstić information content (AvgIpc) is 2.25. The molecule has 0 N–H and O–H groups in total. The fourth-order valence-electron chi connectivity index (χ4n) is 1.07. The number of carbonyl (C=O) groups excluding carboxylic acids is 1. The smallest absolute Gasteiger partial charge is 0.202 e. The fraction of sp³-hybridized carbons (Fsp3) is 0.250. The van der Waals surface area contributed by atoms with E-state index in [2.05, 4.69) is 11.8 Å². The van der Waals surface area contributed by atoms with Crippen LogP contribution in [0.25, 0.3) is 0 Å². The number of rotatable bonds is 2. The van der Waals surface area contributed by atoms with Crippen molar-refractivity contribution in [3.8, 4) is 23.3 Å². The number of Topliss-reactive ketones (excluding diaryl/α,β-unsaturated/α-hetero) is 1. The van der Waals surface area contributed by atoms with Crippen LogP contribution < -0.4 is 9.47 Å². The highest BCUT2D eigenvalue weighted by Gasteiger charge is 2.02. The Hall–Kier alpha value is -1.95. The average molecular weight is 204 g/mol. The summed E-state index contributed by atoms with van der Waals surface area (Å²) in [6, 6.07) is 5.26. The van der Waals surface area contributed by atoms with Gasteiger partial charge < -0.3 is 9.47 Å². The Labute approximate surface area is 89.0 Å². The normalized spacial score (nSPS) is 8.73. The molecular formula is C12H12O3. The third-order valence-electron chi connectivity index (χ3n) is 1.77. The van der Waals surface area contributed by atoms with Gasteiger partial charge in [-0.2, -0.15) is 0 Å². The minimum atomic E-state index is -0.162. The molecule has 0 radical (unpaired) electrons. The molecule has 15 heavy (non-hydrogen) atoms. The number of benzene rings is 1. The maximum Gasteiger partial charge on any atom is 0.202 e. The second-order valence-corrected chi connectivity index (χ2v) is 2.88. The number of ether oxygens (including phenoxy) is 2. The summed E-state index contributed by atoms with van der Waals surface area (Å²) >= 11 is 0. The highest BCUT2D eigenvalue weighted by molar-refractivity contribution is 5.93. The SMILES string of the molecule is COc1ccc(C#CC(C)=O)cc1OC. The van der Waals surface area contributed by atoms with Crippen LogP contribution in [-0.2, 0) is 4.79 Å². The summed E-state index contributed by atoms with van der Waals surface area (Å²) < 4.78 is 10.2. The van der Waals surface area contributed by atoms with Gasteiger partial charge in [0.1, 0.15) is 0 Å². The Morgan fingerprint density at radius 3 is 2.40 bits per heavy atom. The van der Waals surface area contributed by atoms with E-state index in [1.165, 1.54) is 6.92 Å². The highest BCUT2D eigenvalue weighted by Crippen LogP contribution is 2.26. The van der Waals surface area contributed by atoms with Crippen molar-refractivity contribution in [3.63, 3.8) is 0 Å². The van der Waals surface area contributed by atoms with Crippen LogP contribution in [-0.4, -0.2) is 20.0 Å². The molecule has 0 aliphatic carbocycles. The summed E-state index contributed by atoms with van der Waals surface area (Å²) in [6.45, 7) is 1.42. The van der Waals surface area contributed by atoms with Gasteiger partial charge in [0.15, 0.2) is 11.5 Å². The van der Waals surface area contributed by atoms with Crippen LogP contribution in [0.3, 0.4) is 0 Å². The van der Waals surface area contributed by atoms with Crippen molar-refractivity contribution >= 4 is 5.78 Å². The standard InChI is InChI=1S/C12H12O3/c1-9(13)4-5-10-6-7-11(14-2)12(8-10)15-3/h6-8H,1-3H3. The van der Waals surface area contributed by atoms with Gasteiger partial charge in [-0.15, -0.1) is 0 Å². The van der Waals surface area contributed by atoms with Crippen LogP contribution >= 0.6 is 0 Å². The van der Waals surface area contributed by atoms with Crippen molar-refractivity contribution in [2.75, 3.05) is 14.2 Å². The van der Waals surface area contributed by atoms with Crippen LogP contribution in [0.15, 0.2) is 18.2 Å². The minimum Gasteiger partial charge on any atom is -0.493 e. The summed E-state index contributed by atoms with van der Waals surface area (Å²) in [5.74, 6) is 6.29. The van der Waals surface area contributed by atoms with Gasteiger partial charge in [0, 0.05) is 12.5 Å². The Morgan fingerprint density at radius 1 is 1.20 bits per heavy atom.